The van der Waals surface area contributed by atoms with Crippen LogP contribution in [0.3, 0.4) is 0 Å². The molecule has 0 amide bonds. The molecule has 1 unspecified atom stereocenters. The van der Waals surface area contributed by atoms with Gasteiger partial charge in [-0.1, -0.05) is 26.0 Å². The van der Waals surface area contributed by atoms with Crippen LogP contribution in [0.25, 0.3) is 0 Å². The lowest BCUT2D eigenvalue weighted by Gasteiger charge is -2.26. The van der Waals surface area contributed by atoms with Crippen LogP contribution in [0.2, 0.25) is 0 Å². The standard InChI is InChI=1S/C16H27NO3/c1-5-11-17-15(16(18-3)19-4)13-7-9-14(10-8-13)20-12-6-2/h7-10,15-17H,5-6,11-12H2,1-4H3. The van der Waals surface area contributed by atoms with Crippen molar-refractivity contribution in [2.75, 3.05) is 27.4 Å². The molecule has 0 aliphatic heterocycles. The molecule has 0 spiro atoms. The predicted octanol–water partition coefficient (Wildman–Crippen LogP) is 3.14. The molecule has 20 heavy (non-hydrogen) atoms. The highest BCUT2D eigenvalue weighted by Gasteiger charge is 2.22. The summed E-state index contributed by atoms with van der Waals surface area (Å²) in [7, 11) is 3.32. The van der Waals surface area contributed by atoms with E-state index in [4.69, 9.17) is 14.2 Å². The Kier molecular flexibility index (Phi) is 8.26. The first-order valence-electron chi connectivity index (χ1n) is 7.28. The van der Waals surface area contributed by atoms with E-state index in [1.807, 2.05) is 12.1 Å². The predicted molar refractivity (Wildman–Crippen MR) is 81.1 cm³/mol. The Balaban J connectivity index is 2.78. The van der Waals surface area contributed by atoms with Crippen molar-refractivity contribution in [1.82, 2.24) is 5.32 Å². The summed E-state index contributed by atoms with van der Waals surface area (Å²) in [6.45, 7) is 5.90. The monoisotopic (exact) mass is 281 g/mol. The first-order chi connectivity index (χ1) is 9.76. The molecular formula is C16H27NO3. The van der Waals surface area contributed by atoms with Crippen molar-refractivity contribution >= 4 is 0 Å². The van der Waals surface area contributed by atoms with Crippen LogP contribution in [0.1, 0.15) is 38.3 Å². The van der Waals surface area contributed by atoms with Gasteiger partial charge in [-0.25, -0.2) is 0 Å². The maximum atomic E-state index is 5.60. The fraction of sp³-hybridized carbons (Fsp3) is 0.625. The summed E-state index contributed by atoms with van der Waals surface area (Å²) in [5.41, 5.74) is 1.14. The molecule has 0 bridgehead atoms. The van der Waals surface area contributed by atoms with Gasteiger partial charge >= 0.3 is 0 Å². The normalized spacial score (nSPS) is 12.7. The molecule has 1 aromatic carbocycles. The molecule has 1 rings (SSSR count). The zero-order chi connectivity index (χ0) is 14.8. The zero-order valence-corrected chi connectivity index (χ0v) is 13.0. The molecule has 4 heteroatoms. The highest BCUT2D eigenvalue weighted by atomic mass is 16.7. The summed E-state index contributed by atoms with van der Waals surface area (Å²) in [5, 5.41) is 3.46. The average Bonchev–Trinajstić information content (AvgIpc) is 2.50. The Morgan fingerprint density at radius 3 is 2.15 bits per heavy atom. The Morgan fingerprint density at radius 2 is 1.65 bits per heavy atom. The molecule has 0 saturated carbocycles. The molecule has 114 valence electrons. The van der Waals surface area contributed by atoms with Crippen LogP contribution in [-0.2, 0) is 9.47 Å². The van der Waals surface area contributed by atoms with Gasteiger partial charge in [-0.3, -0.25) is 0 Å². The SMILES string of the molecule is CCCNC(c1ccc(OCCC)cc1)C(OC)OC. The van der Waals surface area contributed by atoms with Crippen molar-refractivity contribution < 1.29 is 14.2 Å². The van der Waals surface area contributed by atoms with Crippen LogP contribution in [0.4, 0.5) is 0 Å². The second-order valence-electron chi connectivity index (χ2n) is 4.69. The number of benzene rings is 1. The first-order valence-corrected chi connectivity index (χ1v) is 7.28. The van der Waals surface area contributed by atoms with Gasteiger partial charge in [0.2, 0.25) is 0 Å². The van der Waals surface area contributed by atoms with Crippen LogP contribution < -0.4 is 10.1 Å². The molecule has 1 aromatic rings. The molecule has 0 saturated heterocycles. The van der Waals surface area contributed by atoms with Crippen LogP contribution in [0.15, 0.2) is 24.3 Å². The Hall–Kier alpha value is -1.10. The second kappa shape index (κ2) is 9.75. The number of hydrogen-bond acceptors (Lipinski definition) is 4. The fourth-order valence-corrected chi connectivity index (χ4v) is 2.03. The third-order valence-corrected chi connectivity index (χ3v) is 3.06. The molecular weight excluding hydrogens is 254 g/mol. The average molecular weight is 281 g/mol. The van der Waals surface area contributed by atoms with E-state index >= 15 is 0 Å². The minimum absolute atomic E-state index is 0.0187. The molecule has 4 nitrogen and oxygen atoms in total. The first kappa shape index (κ1) is 17.0. The molecule has 0 aliphatic rings. The summed E-state index contributed by atoms with van der Waals surface area (Å²) >= 11 is 0. The van der Waals surface area contributed by atoms with E-state index in [1.165, 1.54) is 0 Å². The lowest BCUT2D eigenvalue weighted by atomic mass is 10.1. The number of ether oxygens (including phenoxy) is 3. The molecule has 1 N–H and O–H groups in total. The van der Waals surface area contributed by atoms with Crippen molar-refractivity contribution in [3.8, 4) is 5.75 Å². The van der Waals surface area contributed by atoms with Crippen molar-refractivity contribution in [3.05, 3.63) is 29.8 Å². The minimum Gasteiger partial charge on any atom is -0.494 e. The molecule has 0 heterocycles. The van der Waals surface area contributed by atoms with Gasteiger partial charge in [0, 0.05) is 14.2 Å². The van der Waals surface area contributed by atoms with Gasteiger partial charge in [0.25, 0.3) is 0 Å². The fourth-order valence-electron chi connectivity index (χ4n) is 2.03. The Bertz CT molecular complexity index is 349. The summed E-state index contributed by atoms with van der Waals surface area (Å²) in [6.07, 6.45) is 1.77. The highest BCUT2D eigenvalue weighted by molar-refractivity contribution is 5.29. The molecule has 0 fully saturated rings. The number of hydrogen-bond donors (Lipinski definition) is 1. The van der Waals surface area contributed by atoms with E-state index in [0.29, 0.717) is 0 Å². The largest absolute Gasteiger partial charge is 0.494 e. The van der Waals surface area contributed by atoms with Crippen LogP contribution >= 0.6 is 0 Å². The molecule has 0 aromatic heterocycles. The summed E-state index contributed by atoms with van der Waals surface area (Å²) in [5.74, 6) is 0.899. The maximum absolute atomic E-state index is 5.60. The second-order valence-corrected chi connectivity index (χ2v) is 4.69. The quantitative estimate of drug-likeness (QED) is 0.669. The lowest BCUT2D eigenvalue weighted by Crippen LogP contribution is -2.35. The summed E-state index contributed by atoms with van der Waals surface area (Å²) in [6, 6.07) is 8.12. The van der Waals surface area contributed by atoms with Crippen molar-refractivity contribution in [1.29, 1.82) is 0 Å². The van der Waals surface area contributed by atoms with E-state index in [0.717, 1.165) is 37.3 Å². The van der Waals surface area contributed by atoms with Gasteiger partial charge < -0.3 is 19.5 Å². The molecule has 0 aliphatic carbocycles. The smallest absolute Gasteiger partial charge is 0.176 e. The van der Waals surface area contributed by atoms with Gasteiger partial charge in [-0.2, -0.15) is 0 Å². The summed E-state index contributed by atoms with van der Waals surface area (Å²) in [4.78, 5) is 0. The van der Waals surface area contributed by atoms with Gasteiger partial charge in [0.15, 0.2) is 6.29 Å². The summed E-state index contributed by atoms with van der Waals surface area (Å²) < 4.78 is 16.4. The van der Waals surface area contributed by atoms with Gasteiger partial charge in [-0.05, 0) is 37.1 Å². The number of nitrogens with one attached hydrogen (secondary N) is 1. The van der Waals surface area contributed by atoms with Gasteiger partial charge in [0.1, 0.15) is 5.75 Å². The van der Waals surface area contributed by atoms with Crippen LogP contribution in [0.5, 0.6) is 5.75 Å². The zero-order valence-electron chi connectivity index (χ0n) is 13.0. The van der Waals surface area contributed by atoms with Gasteiger partial charge in [0.05, 0.1) is 12.6 Å². The van der Waals surface area contributed by atoms with Crippen LogP contribution in [-0.4, -0.2) is 33.7 Å². The van der Waals surface area contributed by atoms with E-state index < -0.39 is 0 Å². The van der Waals surface area contributed by atoms with E-state index in [2.05, 4.69) is 31.3 Å². The van der Waals surface area contributed by atoms with Crippen LogP contribution in [0, 0.1) is 0 Å². The van der Waals surface area contributed by atoms with E-state index in [-0.39, 0.29) is 12.3 Å². The highest BCUT2D eigenvalue weighted by Crippen LogP contribution is 2.22. The van der Waals surface area contributed by atoms with Gasteiger partial charge in [-0.15, -0.1) is 0 Å². The lowest BCUT2D eigenvalue weighted by molar-refractivity contribution is -0.124. The Morgan fingerprint density at radius 1 is 1.00 bits per heavy atom. The maximum Gasteiger partial charge on any atom is 0.176 e. The minimum atomic E-state index is -0.302. The van der Waals surface area contributed by atoms with Crippen molar-refractivity contribution in [3.63, 3.8) is 0 Å². The molecule has 0 radical (unpaired) electrons. The number of methoxy groups -OCH3 is 2. The number of rotatable bonds is 10. The topological polar surface area (TPSA) is 39.7 Å². The van der Waals surface area contributed by atoms with Crippen molar-refractivity contribution in [2.45, 2.75) is 39.0 Å². The molecule has 1 atom stereocenters. The van der Waals surface area contributed by atoms with E-state index in [1.54, 1.807) is 14.2 Å². The Labute approximate surface area is 122 Å². The van der Waals surface area contributed by atoms with Crippen molar-refractivity contribution in [2.24, 2.45) is 0 Å². The third-order valence-electron chi connectivity index (χ3n) is 3.06. The third kappa shape index (κ3) is 5.12. The van der Waals surface area contributed by atoms with E-state index in [9.17, 15) is 0 Å².